The second kappa shape index (κ2) is 69.1. The van der Waals surface area contributed by atoms with E-state index in [1.54, 1.807) is 0 Å². The Labute approximate surface area is 607 Å². The van der Waals surface area contributed by atoms with Crippen molar-refractivity contribution in [3.05, 3.63) is 0 Å². The Morgan fingerprint density at radius 2 is 0.424 bits per heavy atom. The SMILES string of the molecule is CC(C)CCCCCCCCCCCCCCCCCCCCC(=O)OC[C@H](COP(=O)(O)OCC(O)COP(=O)(O)OC[C@@H](COC(=O)CCCCCCCCCC(C)C)OC(=O)CCCCCCCCCCCC(C)C)OC(=O)CCCCCCCCCCCCCCCC(C)C. The third kappa shape index (κ3) is 74.1. The number of rotatable bonds is 77. The van der Waals surface area contributed by atoms with E-state index in [1.165, 1.54) is 205 Å². The molecule has 0 fully saturated rings. The molecular formula is C80H156O17P2. The van der Waals surface area contributed by atoms with Gasteiger partial charge in [0, 0.05) is 25.7 Å². The van der Waals surface area contributed by atoms with Crippen LogP contribution in [0.3, 0.4) is 0 Å². The normalized spacial score (nSPS) is 14.1. The molecule has 0 aliphatic heterocycles. The number of carbonyl (C=O) groups excluding carboxylic acids is 4. The van der Waals surface area contributed by atoms with Crippen molar-refractivity contribution >= 4 is 39.5 Å². The number of unbranched alkanes of at least 4 members (excludes halogenated alkanes) is 43. The van der Waals surface area contributed by atoms with Crippen LogP contribution in [0.5, 0.6) is 0 Å². The van der Waals surface area contributed by atoms with E-state index in [9.17, 15) is 43.2 Å². The molecule has 0 saturated heterocycles. The molecule has 0 radical (unpaired) electrons. The van der Waals surface area contributed by atoms with Crippen LogP contribution in [-0.2, 0) is 65.4 Å². The summed E-state index contributed by atoms with van der Waals surface area (Å²) in [5.41, 5.74) is 0. The van der Waals surface area contributed by atoms with E-state index >= 15 is 0 Å². The maximum Gasteiger partial charge on any atom is 0.472 e. The highest BCUT2D eigenvalue weighted by Gasteiger charge is 2.30. The maximum absolute atomic E-state index is 13.1. The first-order valence-electron chi connectivity index (χ1n) is 41.2. The van der Waals surface area contributed by atoms with Crippen molar-refractivity contribution < 1.29 is 80.2 Å². The summed E-state index contributed by atoms with van der Waals surface area (Å²) in [6.45, 7) is 14.2. The number of aliphatic hydroxyl groups excluding tert-OH is 1. The fraction of sp³-hybridized carbons (Fsp3) is 0.950. The number of hydrogen-bond acceptors (Lipinski definition) is 15. The maximum atomic E-state index is 13.1. The Morgan fingerprint density at radius 3 is 0.626 bits per heavy atom. The minimum Gasteiger partial charge on any atom is -0.462 e. The van der Waals surface area contributed by atoms with Gasteiger partial charge >= 0.3 is 39.5 Å². The molecule has 0 bridgehead atoms. The van der Waals surface area contributed by atoms with Crippen LogP contribution in [0.4, 0.5) is 0 Å². The van der Waals surface area contributed by atoms with E-state index in [4.69, 9.17) is 37.0 Å². The number of phosphoric ester groups is 2. The van der Waals surface area contributed by atoms with E-state index in [-0.39, 0.29) is 25.7 Å². The predicted molar refractivity (Wildman–Crippen MR) is 404 cm³/mol. The molecule has 0 saturated carbocycles. The van der Waals surface area contributed by atoms with Crippen LogP contribution in [0, 0.1) is 23.7 Å². The van der Waals surface area contributed by atoms with Gasteiger partial charge in [-0.25, -0.2) is 9.13 Å². The van der Waals surface area contributed by atoms with Crippen molar-refractivity contribution in [1.82, 2.24) is 0 Å². The van der Waals surface area contributed by atoms with Gasteiger partial charge in [-0.05, 0) is 49.4 Å². The van der Waals surface area contributed by atoms with Gasteiger partial charge in [0.2, 0.25) is 0 Å². The van der Waals surface area contributed by atoms with E-state index in [1.807, 2.05) is 0 Å². The molecule has 5 atom stereocenters. The Bertz CT molecular complexity index is 1940. The molecule has 0 aliphatic carbocycles. The zero-order valence-corrected chi connectivity index (χ0v) is 66.9. The molecule has 19 heteroatoms. The standard InChI is InChI=1S/C80H156O17P2/c1-70(2)56-48-40-32-25-20-16-13-11-9-10-12-14-18-22-28-36-44-52-60-77(82)90-66-75(96-79(84)62-54-46-37-29-23-19-15-17-21-26-33-41-49-57-71(3)4)68-94-98(86,87)92-64-74(81)65-93-99(88,89)95-69-76(67-91-78(83)61-53-45-39-31-35-43-51-59-73(7)8)97-80(85)63-55-47-38-30-24-27-34-42-50-58-72(5)6/h70-76,81H,9-69H2,1-8H3,(H,86,87)(H,88,89)/t74?,75-,76-/m1/s1. The Morgan fingerprint density at radius 1 is 0.253 bits per heavy atom. The lowest BCUT2D eigenvalue weighted by atomic mass is 10.0. The summed E-state index contributed by atoms with van der Waals surface area (Å²) in [4.78, 5) is 72.9. The van der Waals surface area contributed by atoms with Crippen molar-refractivity contribution in [2.75, 3.05) is 39.6 Å². The van der Waals surface area contributed by atoms with E-state index in [0.29, 0.717) is 31.6 Å². The number of phosphoric acid groups is 2. The quantitative estimate of drug-likeness (QED) is 0.0222. The highest BCUT2D eigenvalue weighted by Crippen LogP contribution is 2.45. The zero-order valence-electron chi connectivity index (χ0n) is 65.1. The number of hydrogen-bond donors (Lipinski definition) is 3. The summed E-state index contributed by atoms with van der Waals surface area (Å²) in [7, 11) is -9.92. The van der Waals surface area contributed by atoms with Gasteiger partial charge in [-0.15, -0.1) is 0 Å². The van der Waals surface area contributed by atoms with Gasteiger partial charge in [0.1, 0.15) is 19.3 Å². The van der Waals surface area contributed by atoms with Crippen LogP contribution < -0.4 is 0 Å². The molecule has 0 heterocycles. The van der Waals surface area contributed by atoms with Gasteiger partial charge in [-0.1, -0.05) is 357 Å². The summed E-state index contributed by atoms with van der Waals surface area (Å²) in [5, 5.41) is 10.6. The fourth-order valence-corrected chi connectivity index (χ4v) is 13.8. The van der Waals surface area contributed by atoms with Gasteiger partial charge in [0.25, 0.3) is 0 Å². The van der Waals surface area contributed by atoms with Crippen molar-refractivity contribution in [1.29, 1.82) is 0 Å². The van der Waals surface area contributed by atoms with Gasteiger partial charge < -0.3 is 33.8 Å². The number of esters is 4. The molecule has 0 rings (SSSR count). The van der Waals surface area contributed by atoms with Crippen LogP contribution in [0.15, 0.2) is 0 Å². The summed E-state index contributed by atoms with van der Waals surface area (Å²) < 4.78 is 68.6. The molecule has 0 aromatic carbocycles. The first-order chi connectivity index (χ1) is 47.6. The van der Waals surface area contributed by atoms with E-state index in [0.717, 1.165) is 114 Å². The van der Waals surface area contributed by atoms with Gasteiger partial charge in [-0.2, -0.15) is 0 Å². The molecule has 0 aliphatic rings. The molecular weight excluding hydrogens is 1290 g/mol. The van der Waals surface area contributed by atoms with Gasteiger partial charge in [0.15, 0.2) is 12.2 Å². The second-order valence-electron chi connectivity index (χ2n) is 30.7. The Balaban J connectivity index is 5.21. The average Bonchev–Trinajstić information content (AvgIpc) is 1.16. The molecule has 0 spiro atoms. The smallest absolute Gasteiger partial charge is 0.462 e. The molecule has 17 nitrogen and oxygen atoms in total. The first-order valence-corrected chi connectivity index (χ1v) is 44.2. The minimum absolute atomic E-state index is 0.104. The summed E-state index contributed by atoms with van der Waals surface area (Å²) in [5.74, 6) is 0.934. The highest BCUT2D eigenvalue weighted by atomic mass is 31.2. The van der Waals surface area contributed by atoms with E-state index in [2.05, 4.69) is 55.4 Å². The van der Waals surface area contributed by atoms with Crippen LogP contribution in [-0.4, -0.2) is 96.7 Å². The Hall–Kier alpha value is -1.94. The van der Waals surface area contributed by atoms with E-state index < -0.39 is 97.5 Å². The first kappa shape index (κ1) is 97.1. The number of ether oxygens (including phenoxy) is 4. The second-order valence-corrected chi connectivity index (χ2v) is 33.6. The van der Waals surface area contributed by atoms with Gasteiger partial charge in [0.05, 0.1) is 26.4 Å². The molecule has 0 aromatic heterocycles. The third-order valence-electron chi connectivity index (χ3n) is 18.6. The highest BCUT2D eigenvalue weighted by molar-refractivity contribution is 7.47. The minimum atomic E-state index is -4.96. The van der Waals surface area contributed by atoms with Crippen molar-refractivity contribution in [3.8, 4) is 0 Å². The molecule has 588 valence electrons. The third-order valence-corrected chi connectivity index (χ3v) is 20.5. The van der Waals surface area contributed by atoms with Crippen LogP contribution in [0.25, 0.3) is 0 Å². The molecule has 0 amide bonds. The topological polar surface area (TPSA) is 237 Å². The average molecular weight is 1450 g/mol. The van der Waals surface area contributed by atoms with Crippen molar-refractivity contribution in [2.45, 2.75) is 427 Å². The van der Waals surface area contributed by atoms with Gasteiger partial charge in [-0.3, -0.25) is 37.3 Å². The molecule has 0 aromatic rings. The molecule has 3 N–H and O–H groups in total. The van der Waals surface area contributed by atoms with Crippen molar-refractivity contribution in [2.24, 2.45) is 23.7 Å². The fourth-order valence-electron chi connectivity index (χ4n) is 12.3. The largest absolute Gasteiger partial charge is 0.472 e. The lowest BCUT2D eigenvalue weighted by Gasteiger charge is -2.21. The number of aliphatic hydroxyl groups is 1. The zero-order chi connectivity index (χ0) is 73.1. The summed E-state index contributed by atoms with van der Waals surface area (Å²) in [6.07, 6.45) is 55.7. The molecule has 3 unspecified atom stereocenters. The summed E-state index contributed by atoms with van der Waals surface area (Å²) in [6, 6.07) is 0. The number of carbonyl (C=O) groups is 4. The van der Waals surface area contributed by atoms with Crippen LogP contribution >= 0.6 is 15.6 Å². The monoisotopic (exact) mass is 1450 g/mol. The lowest BCUT2D eigenvalue weighted by Crippen LogP contribution is -2.30. The lowest BCUT2D eigenvalue weighted by molar-refractivity contribution is -0.161. The van der Waals surface area contributed by atoms with Crippen LogP contribution in [0.1, 0.15) is 409 Å². The van der Waals surface area contributed by atoms with Crippen molar-refractivity contribution in [3.63, 3.8) is 0 Å². The Kier molecular flexibility index (Phi) is 67.8. The van der Waals surface area contributed by atoms with Crippen LogP contribution in [0.2, 0.25) is 0 Å². The summed E-state index contributed by atoms with van der Waals surface area (Å²) >= 11 is 0. The predicted octanol–water partition coefficient (Wildman–Crippen LogP) is 23.6. The molecule has 99 heavy (non-hydrogen) atoms.